The van der Waals surface area contributed by atoms with Crippen LogP contribution in [0.1, 0.15) is 36.0 Å². The van der Waals surface area contributed by atoms with E-state index in [9.17, 15) is 14.4 Å². The summed E-state index contributed by atoms with van der Waals surface area (Å²) >= 11 is 1.72. The normalized spacial score (nSPS) is 14.3. The lowest BCUT2D eigenvalue weighted by atomic mass is 10.1. The first-order valence-electron chi connectivity index (χ1n) is 8.95. The number of thiophene rings is 1. The van der Waals surface area contributed by atoms with E-state index in [0.717, 1.165) is 6.42 Å². The third kappa shape index (κ3) is 5.19. The summed E-state index contributed by atoms with van der Waals surface area (Å²) in [6.45, 7) is 3.19. The monoisotopic (exact) mass is 389 g/mol. The van der Waals surface area contributed by atoms with Gasteiger partial charge in [-0.2, -0.15) is 0 Å². The number of carbonyl (C=O) groups is 3. The Bertz CT molecular complexity index is 800. The molecule has 0 aliphatic carbocycles. The first-order chi connectivity index (χ1) is 13.0. The number of fused-ring (bicyclic) bond motifs is 1. The molecule has 3 amide bonds. The molecule has 0 aromatic carbocycles. The number of nitrogens with zero attached hydrogens (tertiary/aromatic N) is 1. The van der Waals surface area contributed by atoms with Crippen LogP contribution in [0.4, 0.5) is 0 Å². The lowest BCUT2D eigenvalue weighted by Gasteiger charge is -2.27. The zero-order valence-corrected chi connectivity index (χ0v) is 16.0. The van der Waals surface area contributed by atoms with Crippen LogP contribution in [0.15, 0.2) is 34.3 Å². The van der Waals surface area contributed by atoms with E-state index in [-0.39, 0.29) is 37.1 Å². The van der Waals surface area contributed by atoms with Gasteiger partial charge in [-0.3, -0.25) is 14.4 Å². The minimum absolute atomic E-state index is 0.0306. The number of furan rings is 1. The second-order valence-corrected chi connectivity index (χ2v) is 7.52. The fourth-order valence-electron chi connectivity index (χ4n) is 2.96. The van der Waals surface area contributed by atoms with Gasteiger partial charge in [-0.15, -0.1) is 11.3 Å². The number of hydrogen-bond donors (Lipinski definition) is 2. The first-order valence-corrected chi connectivity index (χ1v) is 9.83. The molecule has 2 aromatic heterocycles. The van der Waals surface area contributed by atoms with E-state index in [1.807, 2.05) is 5.38 Å². The van der Waals surface area contributed by atoms with Crippen molar-refractivity contribution in [1.29, 1.82) is 0 Å². The summed E-state index contributed by atoms with van der Waals surface area (Å²) in [5, 5.41) is 7.37. The summed E-state index contributed by atoms with van der Waals surface area (Å²) in [5.74, 6) is 0.00373. The smallest absolute Gasteiger partial charge is 0.242 e. The van der Waals surface area contributed by atoms with E-state index >= 15 is 0 Å². The number of nitrogens with one attached hydrogen (secondary N) is 2. The van der Waals surface area contributed by atoms with Crippen molar-refractivity contribution in [2.24, 2.45) is 0 Å². The number of rotatable bonds is 7. The maximum atomic E-state index is 12.3. The molecule has 2 aromatic rings. The van der Waals surface area contributed by atoms with Crippen LogP contribution in [-0.4, -0.2) is 35.2 Å². The van der Waals surface area contributed by atoms with Gasteiger partial charge in [-0.05, 0) is 42.5 Å². The molecule has 27 heavy (non-hydrogen) atoms. The van der Waals surface area contributed by atoms with Crippen molar-refractivity contribution < 1.29 is 18.8 Å². The summed E-state index contributed by atoms with van der Waals surface area (Å²) in [6, 6.07) is 4.88. The standard InChI is InChI=1S/C19H23N3O4S/c1-13(19(25)20-11-15-3-2-9-26-15)21-17(23)4-5-18(24)22-8-6-16-14(12-22)7-10-27-16/h2-3,7,9-10,13H,4-6,8,11-12H2,1H3,(H,20,25)(H,21,23). The van der Waals surface area contributed by atoms with Gasteiger partial charge >= 0.3 is 0 Å². The Kier molecular flexibility index (Phi) is 6.28. The highest BCUT2D eigenvalue weighted by Gasteiger charge is 2.22. The van der Waals surface area contributed by atoms with Gasteiger partial charge in [0.2, 0.25) is 17.7 Å². The Balaban J connectivity index is 1.37. The third-order valence-corrected chi connectivity index (χ3v) is 5.54. The summed E-state index contributed by atoms with van der Waals surface area (Å²) in [4.78, 5) is 39.5. The molecule has 144 valence electrons. The summed E-state index contributed by atoms with van der Waals surface area (Å²) in [7, 11) is 0. The molecule has 2 N–H and O–H groups in total. The zero-order valence-electron chi connectivity index (χ0n) is 15.2. The van der Waals surface area contributed by atoms with Crippen LogP contribution in [0.3, 0.4) is 0 Å². The molecule has 0 spiro atoms. The molecule has 0 radical (unpaired) electrons. The fraction of sp³-hybridized carbons (Fsp3) is 0.421. The Hall–Kier alpha value is -2.61. The quantitative estimate of drug-likeness (QED) is 0.756. The van der Waals surface area contributed by atoms with Gasteiger partial charge in [0.25, 0.3) is 0 Å². The topological polar surface area (TPSA) is 91.7 Å². The average molecular weight is 389 g/mol. The highest BCUT2D eigenvalue weighted by Crippen LogP contribution is 2.24. The molecule has 0 fully saturated rings. The van der Waals surface area contributed by atoms with E-state index in [2.05, 4.69) is 16.7 Å². The number of hydrogen-bond acceptors (Lipinski definition) is 5. The lowest BCUT2D eigenvalue weighted by Crippen LogP contribution is -2.44. The molecule has 1 aliphatic heterocycles. The molecule has 1 unspecified atom stereocenters. The van der Waals surface area contributed by atoms with Crippen molar-refractivity contribution in [2.75, 3.05) is 6.54 Å². The molecular weight excluding hydrogens is 366 g/mol. The molecule has 3 heterocycles. The molecule has 7 nitrogen and oxygen atoms in total. The molecule has 0 saturated carbocycles. The van der Waals surface area contributed by atoms with Gasteiger partial charge in [0.05, 0.1) is 12.8 Å². The minimum Gasteiger partial charge on any atom is -0.467 e. The van der Waals surface area contributed by atoms with Crippen LogP contribution in [0.25, 0.3) is 0 Å². The Morgan fingerprint density at radius 2 is 2.15 bits per heavy atom. The van der Waals surface area contributed by atoms with Crippen molar-refractivity contribution >= 4 is 29.1 Å². The lowest BCUT2D eigenvalue weighted by molar-refractivity contribution is -0.134. The second-order valence-electron chi connectivity index (χ2n) is 6.52. The molecule has 8 heteroatoms. The third-order valence-electron chi connectivity index (χ3n) is 4.51. The van der Waals surface area contributed by atoms with Gasteiger partial charge in [0, 0.05) is 30.8 Å². The van der Waals surface area contributed by atoms with E-state index in [4.69, 9.17) is 4.42 Å². The predicted octanol–water partition coefficient (Wildman–Crippen LogP) is 1.83. The minimum atomic E-state index is -0.675. The van der Waals surface area contributed by atoms with Crippen LogP contribution in [0, 0.1) is 0 Å². The van der Waals surface area contributed by atoms with Crippen molar-refractivity contribution in [3.8, 4) is 0 Å². The largest absolute Gasteiger partial charge is 0.467 e. The molecule has 1 atom stereocenters. The van der Waals surface area contributed by atoms with Crippen LogP contribution < -0.4 is 10.6 Å². The summed E-state index contributed by atoms with van der Waals surface area (Å²) < 4.78 is 5.14. The average Bonchev–Trinajstić information content (AvgIpc) is 3.34. The SMILES string of the molecule is CC(NC(=O)CCC(=O)N1CCc2sccc2C1)C(=O)NCc1ccco1. The maximum absolute atomic E-state index is 12.3. The van der Waals surface area contributed by atoms with Gasteiger partial charge in [0.15, 0.2) is 0 Å². The Morgan fingerprint density at radius 3 is 2.93 bits per heavy atom. The number of carbonyl (C=O) groups excluding carboxylic acids is 3. The van der Waals surface area contributed by atoms with Crippen LogP contribution in [0.2, 0.25) is 0 Å². The molecular formula is C19H23N3O4S. The van der Waals surface area contributed by atoms with Crippen molar-refractivity contribution in [3.63, 3.8) is 0 Å². The van der Waals surface area contributed by atoms with Crippen LogP contribution in [0.5, 0.6) is 0 Å². The highest BCUT2D eigenvalue weighted by atomic mass is 32.1. The van der Waals surface area contributed by atoms with E-state index in [0.29, 0.717) is 18.8 Å². The molecule has 1 aliphatic rings. The van der Waals surface area contributed by atoms with Crippen molar-refractivity contribution in [1.82, 2.24) is 15.5 Å². The second kappa shape index (κ2) is 8.85. The van der Waals surface area contributed by atoms with Crippen LogP contribution in [-0.2, 0) is 33.9 Å². The Morgan fingerprint density at radius 1 is 1.30 bits per heavy atom. The Labute approximate surface area is 161 Å². The highest BCUT2D eigenvalue weighted by molar-refractivity contribution is 7.10. The molecule has 3 rings (SSSR count). The van der Waals surface area contributed by atoms with Gasteiger partial charge < -0.3 is 20.0 Å². The van der Waals surface area contributed by atoms with Crippen molar-refractivity contribution in [3.05, 3.63) is 46.0 Å². The zero-order chi connectivity index (χ0) is 19.2. The van der Waals surface area contributed by atoms with E-state index in [1.54, 1.807) is 35.3 Å². The first kappa shape index (κ1) is 19.2. The number of amides is 3. The summed E-state index contributed by atoms with van der Waals surface area (Å²) in [5.41, 5.74) is 1.20. The fourth-order valence-corrected chi connectivity index (χ4v) is 3.85. The summed E-state index contributed by atoms with van der Waals surface area (Å²) in [6.07, 6.45) is 2.62. The van der Waals surface area contributed by atoms with Crippen molar-refractivity contribution in [2.45, 2.75) is 45.3 Å². The molecule has 0 bridgehead atoms. The van der Waals surface area contributed by atoms with Gasteiger partial charge in [-0.25, -0.2) is 0 Å². The van der Waals surface area contributed by atoms with Crippen LogP contribution >= 0.6 is 11.3 Å². The van der Waals surface area contributed by atoms with Gasteiger partial charge in [0.1, 0.15) is 11.8 Å². The van der Waals surface area contributed by atoms with E-state index < -0.39 is 6.04 Å². The maximum Gasteiger partial charge on any atom is 0.242 e. The predicted molar refractivity (Wildman–Crippen MR) is 101 cm³/mol. The van der Waals surface area contributed by atoms with Gasteiger partial charge in [-0.1, -0.05) is 0 Å². The van der Waals surface area contributed by atoms with E-state index in [1.165, 1.54) is 16.7 Å². The molecule has 0 saturated heterocycles.